The molecule has 0 aliphatic rings. The summed E-state index contributed by atoms with van der Waals surface area (Å²) in [5, 5.41) is 21.5. The third-order valence-corrected chi connectivity index (χ3v) is 2.76. The van der Waals surface area contributed by atoms with E-state index in [2.05, 4.69) is 5.32 Å². The molecule has 5 nitrogen and oxygen atoms in total. The molecule has 1 heterocycles. The van der Waals surface area contributed by atoms with E-state index < -0.39 is 12.0 Å². The quantitative estimate of drug-likeness (QED) is 0.810. The van der Waals surface area contributed by atoms with E-state index in [4.69, 9.17) is 10.4 Å². The number of hydrogen-bond acceptors (Lipinski definition) is 4. The average molecular weight is 238 g/mol. The van der Waals surface area contributed by atoms with Gasteiger partial charge in [0.1, 0.15) is 17.0 Å². The predicted octanol–water partition coefficient (Wildman–Crippen LogP) is 0.752. The predicted molar refractivity (Wildman–Crippen MR) is 58.0 cm³/mol. The van der Waals surface area contributed by atoms with Crippen molar-refractivity contribution >= 4 is 23.2 Å². The smallest absolute Gasteiger partial charge is 0.326 e. The zero-order chi connectivity index (χ0) is 12.1. The molecule has 1 unspecified atom stereocenters. The van der Waals surface area contributed by atoms with Gasteiger partial charge in [-0.25, -0.2) is 4.79 Å². The van der Waals surface area contributed by atoms with Crippen LogP contribution in [-0.2, 0) is 16.0 Å². The lowest BCUT2D eigenvalue weighted by Crippen LogP contribution is -2.41. The summed E-state index contributed by atoms with van der Waals surface area (Å²) in [5.41, 5.74) is 0.739. The van der Waals surface area contributed by atoms with Crippen LogP contribution in [0.3, 0.4) is 0 Å². The largest absolute Gasteiger partial charge is 0.480 e. The first kappa shape index (κ1) is 12.2. The van der Waals surface area contributed by atoms with E-state index in [9.17, 15) is 9.59 Å². The number of rotatable bonds is 4. The van der Waals surface area contributed by atoms with Crippen molar-refractivity contribution in [2.24, 2.45) is 0 Å². The van der Waals surface area contributed by atoms with E-state index in [0.29, 0.717) is 4.88 Å². The highest BCUT2D eigenvalue weighted by Gasteiger charge is 2.19. The molecule has 16 heavy (non-hydrogen) atoms. The third kappa shape index (κ3) is 3.37. The number of nitrogens with zero attached hydrogens (tertiary/aromatic N) is 1. The van der Waals surface area contributed by atoms with Crippen molar-refractivity contribution in [1.82, 2.24) is 5.32 Å². The van der Waals surface area contributed by atoms with E-state index in [1.54, 1.807) is 11.4 Å². The number of amides is 1. The number of carbonyl (C=O) groups is 2. The molecule has 0 spiro atoms. The van der Waals surface area contributed by atoms with Gasteiger partial charge in [0, 0.05) is 13.3 Å². The van der Waals surface area contributed by atoms with Gasteiger partial charge in [-0.15, -0.1) is 11.3 Å². The van der Waals surface area contributed by atoms with Crippen LogP contribution in [-0.4, -0.2) is 23.0 Å². The molecule has 0 bridgehead atoms. The lowest BCUT2D eigenvalue weighted by molar-refractivity contribution is -0.141. The minimum absolute atomic E-state index is 0.188. The molecule has 0 fully saturated rings. The minimum atomic E-state index is -1.08. The SMILES string of the molecule is CC(=O)NC(Cc1csc(C#N)c1)C(=O)O. The van der Waals surface area contributed by atoms with Gasteiger partial charge < -0.3 is 10.4 Å². The zero-order valence-electron chi connectivity index (χ0n) is 8.56. The van der Waals surface area contributed by atoms with Gasteiger partial charge >= 0.3 is 5.97 Å². The monoisotopic (exact) mass is 238 g/mol. The van der Waals surface area contributed by atoms with Crippen molar-refractivity contribution < 1.29 is 14.7 Å². The first-order valence-electron chi connectivity index (χ1n) is 4.50. The van der Waals surface area contributed by atoms with E-state index in [-0.39, 0.29) is 12.3 Å². The highest BCUT2D eigenvalue weighted by Crippen LogP contribution is 2.15. The van der Waals surface area contributed by atoms with Crippen LogP contribution in [0.4, 0.5) is 0 Å². The fraction of sp³-hybridized carbons (Fsp3) is 0.300. The molecule has 1 rings (SSSR count). The van der Waals surface area contributed by atoms with Crippen molar-refractivity contribution in [1.29, 1.82) is 5.26 Å². The number of carboxylic acid groups (broad SMARTS) is 1. The van der Waals surface area contributed by atoms with Gasteiger partial charge in [0.15, 0.2) is 0 Å². The zero-order valence-corrected chi connectivity index (χ0v) is 9.37. The maximum atomic E-state index is 10.8. The lowest BCUT2D eigenvalue weighted by atomic mass is 10.1. The highest BCUT2D eigenvalue weighted by atomic mass is 32.1. The number of aliphatic carboxylic acids is 1. The van der Waals surface area contributed by atoms with Gasteiger partial charge in [-0.1, -0.05) is 0 Å². The molecule has 0 saturated heterocycles. The van der Waals surface area contributed by atoms with Crippen LogP contribution in [0.1, 0.15) is 17.4 Å². The highest BCUT2D eigenvalue weighted by molar-refractivity contribution is 7.10. The fourth-order valence-corrected chi connectivity index (χ4v) is 1.94. The molecule has 84 valence electrons. The summed E-state index contributed by atoms with van der Waals surface area (Å²) in [6, 6.07) is 2.66. The molecule has 1 aromatic heterocycles. The van der Waals surface area contributed by atoms with Crippen LogP contribution in [0.5, 0.6) is 0 Å². The van der Waals surface area contributed by atoms with Gasteiger partial charge in [-0.3, -0.25) is 4.79 Å². The Labute approximate surface area is 96.3 Å². The molecular formula is C10H10N2O3S. The van der Waals surface area contributed by atoms with Gasteiger partial charge in [-0.2, -0.15) is 5.26 Å². The Morgan fingerprint density at radius 2 is 2.38 bits per heavy atom. The summed E-state index contributed by atoms with van der Waals surface area (Å²) in [6.45, 7) is 1.27. The van der Waals surface area contributed by atoms with Crippen LogP contribution in [0, 0.1) is 11.3 Å². The first-order valence-corrected chi connectivity index (χ1v) is 5.38. The maximum absolute atomic E-state index is 10.8. The van der Waals surface area contributed by atoms with Crippen LogP contribution in [0.2, 0.25) is 0 Å². The van der Waals surface area contributed by atoms with Gasteiger partial charge in [0.25, 0.3) is 0 Å². The number of nitrogens with one attached hydrogen (secondary N) is 1. The standard InChI is InChI=1S/C10H10N2O3S/c1-6(13)12-9(10(14)15)3-7-2-8(4-11)16-5-7/h2,5,9H,3H2,1H3,(H,12,13)(H,14,15). The molecule has 2 N–H and O–H groups in total. The minimum Gasteiger partial charge on any atom is -0.480 e. The summed E-state index contributed by atoms with van der Waals surface area (Å²) in [5.74, 6) is -1.47. The molecule has 1 atom stereocenters. The summed E-state index contributed by atoms with van der Waals surface area (Å²) in [7, 11) is 0. The molecule has 1 amide bonds. The van der Waals surface area contributed by atoms with Crippen molar-refractivity contribution in [2.45, 2.75) is 19.4 Å². The normalized spacial score (nSPS) is 11.5. The van der Waals surface area contributed by atoms with E-state index in [0.717, 1.165) is 5.56 Å². The Bertz CT molecular complexity index is 447. The Morgan fingerprint density at radius 1 is 1.69 bits per heavy atom. The Morgan fingerprint density at radius 3 is 2.81 bits per heavy atom. The van der Waals surface area contributed by atoms with Crippen LogP contribution < -0.4 is 5.32 Å². The topological polar surface area (TPSA) is 90.2 Å². The summed E-state index contributed by atoms with van der Waals surface area (Å²) >= 11 is 1.26. The Hall–Kier alpha value is -1.87. The number of carboxylic acids is 1. The second kappa shape index (κ2) is 5.28. The molecule has 0 aliphatic heterocycles. The van der Waals surface area contributed by atoms with E-state index in [1.165, 1.54) is 18.3 Å². The molecule has 1 aromatic rings. The van der Waals surface area contributed by atoms with Crippen LogP contribution in [0.15, 0.2) is 11.4 Å². The molecular weight excluding hydrogens is 228 g/mol. The van der Waals surface area contributed by atoms with Crippen LogP contribution in [0.25, 0.3) is 0 Å². The molecule has 0 radical (unpaired) electrons. The molecule has 0 saturated carbocycles. The van der Waals surface area contributed by atoms with Gasteiger partial charge in [0.2, 0.25) is 5.91 Å². The average Bonchev–Trinajstić information content (AvgIpc) is 2.63. The summed E-state index contributed by atoms with van der Waals surface area (Å²) < 4.78 is 0. The molecule has 6 heteroatoms. The number of hydrogen-bond donors (Lipinski definition) is 2. The molecule has 0 aliphatic carbocycles. The number of carbonyl (C=O) groups excluding carboxylic acids is 1. The maximum Gasteiger partial charge on any atom is 0.326 e. The van der Waals surface area contributed by atoms with Gasteiger partial charge in [-0.05, 0) is 17.0 Å². The summed E-state index contributed by atoms with van der Waals surface area (Å²) in [6.07, 6.45) is 0.188. The summed E-state index contributed by atoms with van der Waals surface area (Å²) in [4.78, 5) is 22.2. The molecule has 0 aromatic carbocycles. The van der Waals surface area contributed by atoms with Crippen LogP contribution >= 0.6 is 11.3 Å². The van der Waals surface area contributed by atoms with Gasteiger partial charge in [0.05, 0.1) is 0 Å². The second-order valence-corrected chi connectivity index (χ2v) is 4.14. The third-order valence-electron chi connectivity index (χ3n) is 1.88. The lowest BCUT2D eigenvalue weighted by Gasteiger charge is -2.11. The number of nitriles is 1. The van der Waals surface area contributed by atoms with E-state index in [1.807, 2.05) is 6.07 Å². The fourth-order valence-electron chi connectivity index (χ4n) is 1.22. The van der Waals surface area contributed by atoms with Crippen molar-refractivity contribution in [3.05, 3.63) is 21.9 Å². The first-order chi connectivity index (χ1) is 7.52. The van der Waals surface area contributed by atoms with E-state index >= 15 is 0 Å². The van der Waals surface area contributed by atoms with Crippen molar-refractivity contribution in [3.63, 3.8) is 0 Å². The van der Waals surface area contributed by atoms with Crippen molar-refractivity contribution in [3.8, 4) is 6.07 Å². The Kier molecular flexibility index (Phi) is 4.03. The second-order valence-electron chi connectivity index (χ2n) is 3.23. The van der Waals surface area contributed by atoms with Crippen molar-refractivity contribution in [2.75, 3.05) is 0 Å². The number of thiophene rings is 1. The Balaban J connectivity index is 2.72.